The smallest absolute Gasteiger partial charge is 0.139 e. The van der Waals surface area contributed by atoms with E-state index in [1.54, 1.807) is 0 Å². The van der Waals surface area contributed by atoms with Crippen LogP contribution in [0.25, 0.3) is 77.4 Å². The van der Waals surface area contributed by atoms with Gasteiger partial charge in [-0.1, -0.05) is 119 Å². The molecule has 3 nitrogen and oxygen atoms in total. The molecule has 9 rings (SSSR count). The topological polar surface area (TPSA) is 38.9 Å². The van der Waals surface area contributed by atoms with Gasteiger partial charge >= 0.3 is 0 Å². The van der Waals surface area contributed by atoms with Crippen molar-refractivity contribution >= 4 is 43.7 Å². The predicted octanol–water partition coefficient (Wildman–Crippen LogP) is 11.3. The molecule has 0 spiro atoms. The second-order valence-corrected chi connectivity index (χ2v) is 13.4. The van der Waals surface area contributed by atoms with E-state index in [9.17, 15) is 0 Å². The highest BCUT2D eigenvalue weighted by atomic mass is 16.3. The maximum atomic E-state index is 6.78. The molecule has 0 saturated heterocycles. The van der Waals surface area contributed by atoms with Crippen LogP contribution in [0.5, 0.6) is 0 Å². The molecule has 0 unspecified atom stereocenters. The number of aromatic nitrogens is 2. The molecule has 45 heavy (non-hydrogen) atoms. The number of nitrogens with zero attached hydrogens (tertiary/aromatic N) is 2. The predicted molar refractivity (Wildman–Crippen MR) is 187 cm³/mol. The minimum atomic E-state index is -0.228. The van der Waals surface area contributed by atoms with Gasteiger partial charge in [0.15, 0.2) is 0 Å². The Morgan fingerprint density at radius 2 is 1.20 bits per heavy atom. The van der Waals surface area contributed by atoms with Crippen LogP contribution in [0.2, 0.25) is 0 Å². The van der Waals surface area contributed by atoms with Gasteiger partial charge in [0.1, 0.15) is 11.2 Å². The highest BCUT2D eigenvalue weighted by Crippen LogP contribution is 2.57. The van der Waals surface area contributed by atoms with Crippen LogP contribution in [-0.2, 0) is 10.8 Å². The summed E-state index contributed by atoms with van der Waals surface area (Å²) in [5.41, 5.74) is 12.3. The fraction of sp³-hybridized carbons (Fsp3) is 0.143. The molecule has 2 heterocycles. The van der Waals surface area contributed by atoms with Gasteiger partial charge in [0, 0.05) is 32.9 Å². The number of hydrogen-bond donors (Lipinski definition) is 0. The third kappa shape index (κ3) is 3.58. The molecule has 1 aliphatic carbocycles. The molecule has 3 heteroatoms. The summed E-state index contributed by atoms with van der Waals surface area (Å²) in [5.74, 6) is 0. The Kier molecular flexibility index (Phi) is 5.30. The van der Waals surface area contributed by atoms with Crippen molar-refractivity contribution in [1.82, 2.24) is 9.97 Å². The van der Waals surface area contributed by atoms with Crippen LogP contribution in [0.4, 0.5) is 0 Å². The molecule has 0 bridgehead atoms. The highest BCUT2D eigenvalue weighted by Gasteiger charge is 2.47. The molecule has 0 fully saturated rings. The zero-order valence-electron chi connectivity index (χ0n) is 25.8. The first-order valence-corrected chi connectivity index (χ1v) is 15.7. The lowest BCUT2D eigenvalue weighted by Crippen LogP contribution is -2.43. The first-order valence-electron chi connectivity index (χ1n) is 15.7. The lowest BCUT2D eigenvalue weighted by molar-refractivity contribution is 0.299. The van der Waals surface area contributed by atoms with Gasteiger partial charge in [-0.25, -0.2) is 9.97 Å². The van der Waals surface area contributed by atoms with Gasteiger partial charge < -0.3 is 4.42 Å². The lowest BCUT2D eigenvalue weighted by Gasteiger charge is -2.48. The van der Waals surface area contributed by atoms with Crippen molar-refractivity contribution in [3.05, 3.63) is 132 Å². The summed E-state index contributed by atoms with van der Waals surface area (Å²) < 4.78 is 6.78. The molecule has 1 aliphatic rings. The Labute approximate surface area is 262 Å². The summed E-state index contributed by atoms with van der Waals surface area (Å²) in [4.78, 5) is 10.3. The number of furan rings is 1. The highest BCUT2D eigenvalue weighted by molar-refractivity contribution is 6.20. The zero-order valence-corrected chi connectivity index (χ0v) is 25.8. The normalized spacial score (nSPS) is 15.0. The summed E-state index contributed by atoms with van der Waals surface area (Å²) in [5, 5.41) is 4.85. The van der Waals surface area contributed by atoms with Crippen LogP contribution in [0.3, 0.4) is 0 Å². The number of benzene rings is 6. The van der Waals surface area contributed by atoms with Crippen molar-refractivity contribution in [3.63, 3.8) is 0 Å². The van der Waals surface area contributed by atoms with Gasteiger partial charge in [0.05, 0.1) is 22.4 Å². The van der Waals surface area contributed by atoms with E-state index in [-0.39, 0.29) is 10.8 Å². The fourth-order valence-electron chi connectivity index (χ4n) is 7.55. The summed E-state index contributed by atoms with van der Waals surface area (Å²) in [7, 11) is 0. The van der Waals surface area contributed by atoms with Crippen molar-refractivity contribution < 1.29 is 4.42 Å². The maximum Gasteiger partial charge on any atom is 0.139 e. The molecule has 216 valence electrons. The van der Waals surface area contributed by atoms with Crippen LogP contribution in [0.1, 0.15) is 38.8 Å². The summed E-state index contributed by atoms with van der Waals surface area (Å²) in [6, 6.07) is 42.9. The van der Waals surface area contributed by atoms with Crippen LogP contribution in [-0.4, -0.2) is 9.97 Å². The van der Waals surface area contributed by atoms with E-state index in [2.05, 4.69) is 119 Å². The number of para-hydroxylation sites is 2. The Balaban J connectivity index is 1.31. The summed E-state index contributed by atoms with van der Waals surface area (Å²) >= 11 is 0. The van der Waals surface area contributed by atoms with Gasteiger partial charge in [0.2, 0.25) is 0 Å². The second kappa shape index (κ2) is 9.12. The van der Waals surface area contributed by atoms with E-state index in [0.29, 0.717) is 0 Å². The minimum Gasteiger partial charge on any atom is -0.456 e. The van der Waals surface area contributed by atoms with Crippen LogP contribution >= 0.6 is 0 Å². The van der Waals surface area contributed by atoms with Crippen molar-refractivity contribution in [2.24, 2.45) is 0 Å². The third-order valence-electron chi connectivity index (χ3n) is 10.6. The molecule has 0 N–H and O–H groups in total. The Morgan fingerprint density at radius 3 is 1.98 bits per heavy atom. The monoisotopic (exact) mass is 580 g/mol. The van der Waals surface area contributed by atoms with E-state index in [1.807, 2.05) is 30.3 Å². The fourth-order valence-corrected chi connectivity index (χ4v) is 7.55. The van der Waals surface area contributed by atoms with E-state index < -0.39 is 0 Å². The van der Waals surface area contributed by atoms with Crippen LogP contribution < -0.4 is 0 Å². The summed E-state index contributed by atoms with van der Waals surface area (Å²) in [6.07, 6.45) is 0. The largest absolute Gasteiger partial charge is 0.456 e. The lowest BCUT2D eigenvalue weighted by atomic mass is 9.55. The molecule has 6 aromatic carbocycles. The van der Waals surface area contributed by atoms with Crippen LogP contribution in [0, 0.1) is 0 Å². The minimum absolute atomic E-state index is 0.210. The molecular weight excluding hydrogens is 548 g/mol. The van der Waals surface area contributed by atoms with Gasteiger partial charge in [-0.2, -0.15) is 0 Å². The molecule has 0 atom stereocenters. The van der Waals surface area contributed by atoms with Crippen molar-refractivity contribution in [1.29, 1.82) is 0 Å². The Bertz CT molecular complexity index is 2480. The van der Waals surface area contributed by atoms with E-state index in [0.717, 1.165) is 44.7 Å². The van der Waals surface area contributed by atoms with Gasteiger partial charge in [-0.05, 0) is 63.2 Å². The number of rotatable bonds is 2. The molecule has 0 aliphatic heterocycles. The van der Waals surface area contributed by atoms with Gasteiger partial charge in [-0.15, -0.1) is 0 Å². The summed E-state index contributed by atoms with van der Waals surface area (Å²) in [6.45, 7) is 9.49. The maximum absolute atomic E-state index is 6.78. The van der Waals surface area contributed by atoms with E-state index in [4.69, 9.17) is 14.4 Å². The SMILES string of the molecule is CC1(C)c2cc(-c3nc4ccccc4nc3-c3ccccc3)ccc2-c2ccc3c(oc4ccc5ccccc5c43)c2C1(C)C. The third-order valence-corrected chi connectivity index (χ3v) is 10.6. The van der Waals surface area contributed by atoms with E-state index in [1.165, 1.54) is 43.8 Å². The second-order valence-electron chi connectivity index (χ2n) is 13.4. The van der Waals surface area contributed by atoms with Crippen LogP contribution in [0.15, 0.2) is 126 Å². The van der Waals surface area contributed by atoms with Gasteiger partial charge in [0.25, 0.3) is 0 Å². The Morgan fingerprint density at radius 1 is 0.533 bits per heavy atom. The first kappa shape index (κ1) is 26.2. The van der Waals surface area contributed by atoms with E-state index >= 15 is 0 Å². The number of hydrogen-bond acceptors (Lipinski definition) is 3. The molecule has 0 radical (unpaired) electrons. The quantitative estimate of drug-likeness (QED) is 0.204. The first-order chi connectivity index (χ1) is 21.8. The Hall–Kier alpha value is -5.28. The standard InChI is InChI=1S/C42H32N2O/c1-41(2)32-24-27(39-38(26-13-6-5-7-14-26)43-33-16-10-11-17-34(33)44-39)18-20-29(32)30-21-22-31-36-28-15-9-8-12-25(28)19-23-35(36)45-40(31)37(30)42(41,3)4/h5-24H,1-4H3. The average Bonchev–Trinajstić information content (AvgIpc) is 3.46. The number of fused-ring (bicyclic) bond motifs is 10. The molecule has 2 aromatic heterocycles. The molecule has 0 saturated carbocycles. The van der Waals surface area contributed by atoms with Gasteiger partial charge in [-0.3, -0.25) is 0 Å². The molecular formula is C42H32N2O. The van der Waals surface area contributed by atoms with Crippen molar-refractivity contribution in [3.8, 4) is 33.6 Å². The van der Waals surface area contributed by atoms with Crippen molar-refractivity contribution in [2.75, 3.05) is 0 Å². The zero-order chi connectivity index (χ0) is 30.5. The molecule has 8 aromatic rings. The molecule has 0 amide bonds. The van der Waals surface area contributed by atoms with Crippen molar-refractivity contribution in [2.45, 2.75) is 38.5 Å². The average molecular weight is 581 g/mol.